The maximum atomic E-state index is 13.4. The first-order valence-corrected chi connectivity index (χ1v) is 9.17. The Balaban J connectivity index is 1.54. The van der Waals surface area contributed by atoms with E-state index in [1.807, 2.05) is 6.07 Å². The molecule has 0 bridgehead atoms. The lowest BCUT2D eigenvalue weighted by Gasteiger charge is -2.33. The second kappa shape index (κ2) is 9.06. The second-order valence-corrected chi connectivity index (χ2v) is 6.71. The Labute approximate surface area is 163 Å². The lowest BCUT2D eigenvalue weighted by Crippen LogP contribution is -2.42. The molecule has 1 aliphatic heterocycles. The first kappa shape index (κ1) is 19.5. The summed E-state index contributed by atoms with van der Waals surface area (Å²) in [5.41, 5.74) is 1.49. The van der Waals surface area contributed by atoms with Crippen LogP contribution in [-0.2, 0) is 9.53 Å². The van der Waals surface area contributed by atoms with Gasteiger partial charge in [-0.1, -0.05) is 23.7 Å². The number of nitrogens with one attached hydrogen (secondary N) is 1. The van der Waals surface area contributed by atoms with Crippen molar-refractivity contribution in [3.8, 4) is 5.75 Å². The third-order valence-corrected chi connectivity index (χ3v) is 4.69. The van der Waals surface area contributed by atoms with Crippen LogP contribution in [0.4, 0.5) is 10.1 Å². The van der Waals surface area contributed by atoms with E-state index in [9.17, 15) is 9.18 Å². The number of rotatable bonds is 6. The summed E-state index contributed by atoms with van der Waals surface area (Å²) in [6.45, 7) is 1.84. The number of halogens is 2. The minimum absolute atomic E-state index is 0.0215. The van der Waals surface area contributed by atoms with Crippen molar-refractivity contribution in [2.24, 2.45) is 0 Å². The molecule has 5 nitrogen and oxygen atoms in total. The van der Waals surface area contributed by atoms with Crippen LogP contribution >= 0.6 is 11.6 Å². The van der Waals surface area contributed by atoms with Gasteiger partial charge in [0.05, 0.1) is 25.9 Å². The zero-order valence-corrected chi connectivity index (χ0v) is 15.8. The Morgan fingerprint density at radius 3 is 3.00 bits per heavy atom. The van der Waals surface area contributed by atoms with Gasteiger partial charge in [-0.3, -0.25) is 4.79 Å². The molecule has 0 aliphatic carbocycles. The lowest BCUT2D eigenvalue weighted by atomic mass is 10.1. The number of methoxy groups -OCH3 is 1. The van der Waals surface area contributed by atoms with Gasteiger partial charge in [0.1, 0.15) is 17.7 Å². The van der Waals surface area contributed by atoms with Crippen LogP contribution in [0.2, 0.25) is 5.02 Å². The Hall–Kier alpha value is -2.31. The van der Waals surface area contributed by atoms with E-state index in [1.165, 1.54) is 12.1 Å². The summed E-state index contributed by atoms with van der Waals surface area (Å²) in [6, 6.07) is 11.6. The molecule has 1 N–H and O–H groups in total. The zero-order chi connectivity index (χ0) is 19.2. The maximum absolute atomic E-state index is 13.4. The molecule has 2 aromatic rings. The highest BCUT2D eigenvalue weighted by Crippen LogP contribution is 2.28. The van der Waals surface area contributed by atoms with Crippen LogP contribution < -0.4 is 10.1 Å². The van der Waals surface area contributed by atoms with Crippen molar-refractivity contribution < 1.29 is 18.7 Å². The lowest BCUT2D eigenvalue weighted by molar-refractivity contribution is -0.138. The largest absolute Gasteiger partial charge is 0.495 e. The SMILES string of the molecule is COc1ccc(Cl)cc1NCCC(=O)N1CCOC(c2cccc(F)c2)C1. The molecule has 1 atom stereocenters. The van der Waals surface area contributed by atoms with Gasteiger partial charge in [0.15, 0.2) is 0 Å². The highest BCUT2D eigenvalue weighted by molar-refractivity contribution is 6.30. The number of nitrogens with zero attached hydrogens (tertiary/aromatic N) is 1. The Morgan fingerprint density at radius 2 is 2.22 bits per heavy atom. The van der Waals surface area contributed by atoms with Gasteiger partial charge in [-0.25, -0.2) is 4.39 Å². The van der Waals surface area contributed by atoms with Crippen molar-refractivity contribution in [2.75, 3.05) is 38.7 Å². The number of ether oxygens (including phenoxy) is 2. The van der Waals surface area contributed by atoms with Gasteiger partial charge >= 0.3 is 0 Å². The van der Waals surface area contributed by atoms with Gasteiger partial charge in [0.25, 0.3) is 0 Å². The van der Waals surface area contributed by atoms with Crippen LogP contribution in [0.1, 0.15) is 18.1 Å². The molecule has 1 amide bonds. The van der Waals surface area contributed by atoms with Gasteiger partial charge < -0.3 is 19.7 Å². The Morgan fingerprint density at radius 1 is 1.37 bits per heavy atom. The number of benzene rings is 2. The van der Waals surface area contributed by atoms with Gasteiger partial charge in [-0.05, 0) is 35.9 Å². The predicted octanol–water partition coefficient (Wildman–Crippen LogP) is 3.89. The standard InChI is InChI=1S/C20H22ClFN2O3/c1-26-18-6-5-15(21)12-17(18)23-8-7-20(25)24-9-10-27-19(13-24)14-3-2-4-16(22)11-14/h2-6,11-12,19,23H,7-10,13H2,1H3. The number of carbonyl (C=O) groups is 1. The fourth-order valence-electron chi connectivity index (χ4n) is 3.06. The number of hydrogen-bond donors (Lipinski definition) is 1. The molecular weight excluding hydrogens is 371 g/mol. The van der Waals surface area contributed by atoms with Gasteiger partial charge in [0.2, 0.25) is 5.91 Å². The normalized spacial score (nSPS) is 16.9. The first-order valence-electron chi connectivity index (χ1n) is 8.79. The van der Waals surface area contributed by atoms with E-state index < -0.39 is 0 Å². The van der Waals surface area contributed by atoms with Gasteiger partial charge in [0, 0.05) is 24.5 Å². The third kappa shape index (κ3) is 5.11. The Kier molecular flexibility index (Phi) is 6.53. The van der Waals surface area contributed by atoms with Crippen molar-refractivity contribution >= 4 is 23.2 Å². The first-order chi connectivity index (χ1) is 13.1. The van der Waals surface area contributed by atoms with E-state index in [0.29, 0.717) is 43.4 Å². The molecule has 0 saturated carbocycles. The predicted molar refractivity (Wildman–Crippen MR) is 103 cm³/mol. The fourth-order valence-corrected chi connectivity index (χ4v) is 3.24. The van der Waals surface area contributed by atoms with Crippen molar-refractivity contribution in [2.45, 2.75) is 12.5 Å². The van der Waals surface area contributed by atoms with Crippen molar-refractivity contribution in [3.05, 3.63) is 58.9 Å². The highest BCUT2D eigenvalue weighted by Gasteiger charge is 2.25. The molecule has 3 rings (SSSR count). The molecule has 1 unspecified atom stereocenters. The smallest absolute Gasteiger partial charge is 0.224 e. The molecule has 144 valence electrons. The van der Waals surface area contributed by atoms with Crippen LogP contribution in [0.5, 0.6) is 5.75 Å². The number of morpholine rings is 1. The van der Waals surface area contributed by atoms with Crippen LogP contribution in [0.15, 0.2) is 42.5 Å². The third-order valence-electron chi connectivity index (χ3n) is 4.46. The molecule has 27 heavy (non-hydrogen) atoms. The average Bonchev–Trinajstić information content (AvgIpc) is 2.68. The summed E-state index contributed by atoms with van der Waals surface area (Å²) in [5, 5.41) is 3.78. The van der Waals surface area contributed by atoms with Gasteiger partial charge in [-0.15, -0.1) is 0 Å². The molecule has 0 aromatic heterocycles. The highest BCUT2D eigenvalue weighted by atomic mass is 35.5. The average molecular weight is 393 g/mol. The molecule has 1 heterocycles. The molecule has 0 radical (unpaired) electrons. The zero-order valence-electron chi connectivity index (χ0n) is 15.1. The van der Waals surface area contributed by atoms with E-state index in [2.05, 4.69) is 5.32 Å². The topological polar surface area (TPSA) is 50.8 Å². The van der Waals surface area contributed by atoms with E-state index in [-0.39, 0.29) is 17.8 Å². The summed E-state index contributed by atoms with van der Waals surface area (Å²) >= 11 is 6.01. The maximum Gasteiger partial charge on any atom is 0.224 e. The van der Waals surface area contributed by atoms with E-state index >= 15 is 0 Å². The molecule has 1 aliphatic rings. The van der Waals surface area contributed by atoms with Crippen LogP contribution in [0.3, 0.4) is 0 Å². The molecule has 2 aromatic carbocycles. The molecule has 1 fully saturated rings. The summed E-state index contributed by atoms with van der Waals surface area (Å²) in [5.74, 6) is 0.386. The van der Waals surface area contributed by atoms with Crippen LogP contribution in [-0.4, -0.2) is 44.2 Å². The quantitative estimate of drug-likeness (QED) is 0.810. The molecule has 0 spiro atoms. The molecular formula is C20H22ClFN2O3. The molecule has 7 heteroatoms. The second-order valence-electron chi connectivity index (χ2n) is 6.28. The summed E-state index contributed by atoms with van der Waals surface area (Å²) in [6.07, 6.45) is 0.0188. The van der Waals surface area contributed by atoms with Crippen LogP contribution in [0.25, 0.3) is 0 Å². The molecule has 1 saturated heterocycles. The van der Waals surface area contributed by atoms with E-state index in [1.54, 1.807) is 36.3 Å². The van der Waals surface area contributed by atoms with Crippen molar-refractivity contribution in [3.63, 3.8) is 0 Å². The summed E-state index contributed by atoms with van der Waals surface area (Å²) in [7, 11) is 1.58. The van der Waals surface area contributed by atoms with Crippen molar-refractivity contribution in [1.82, 2.24) is 4.90 Å². The summed E-state index contributed by atoms with van der Waals surface area (Å²) < 4.78 is 24.4. The fraction of sp³-hybridized carbons (Fsp3) is 0.350. The number of hydrogen-bond acceptors (Lipinski definition) is 4. The van der Waals surface area contributed by atoms with E-state index in [0.717, 1.165) is 11.3 Å². The number of amides is 1. The van der Waals surface area contributed by atoms with Crippen LogP contribution in [0, 0.1) is 5.82 Å². The van der Waals surface area contributed by atoms with Crippen molar-refractivity contribution in [1.29, 1.82) is 0 Å². The Bertz CT molecular complexity index is 803. The minimum Gasteiger partial charge on any atom is -0.495 e. The minimum atomic E-state index is -0.306. The van der Waals surface area contributed by atoms with Gasteiger partial charge in [-0.2, -0.15) is 0 Å². The number of anilines is 1. The summed E-state index contributed by atoms with van der Waals surface area (Å²) in [4.78, 5) is 14.3. The monoisotopic (exact) mass is 392 g/mol. The van der Waals surface area contributed by atoms with E-state index in [4.69, 9.17) is 21.1 Å². The number of carbonyl (C=O) groups excluding carboxylic acids is 1.